The first-order chi connectivity index (χ1) is 9.81. The zero-order chi connectivity index (χ0) is 14.2. The minimum absolute atomic E-state index is 0.778. The lowest BCUT2D eigenvalue weighted by Crippen LogP contribution is -2.27. The second-order valence-electron chi connectivity index (χ2n) is 4.70. The van der Waals surface area contributed by atoms with Crippen LogP contribution < -0.4 is 5.32 Å². The average molecular weight is 277 g/mol. The lowest BCUT2D eigenvalue weighted by Gasteiger charge is -2.18. The van der Waals surface area contributed by atoms with Crippen molar-refractivity contribution in [2.45, 2.75) is 33.5 Å². The number of rotatable bonds is 9. The van der Waals surface area contributed by atoms with E-state index in [1.165, 1.54) is 0 Å². The third-order valence-corrected chi connectivity index (χ3v) is 3.19. The highest BCUT2D eigenvalue weighted by Gasteiger charge is 2.07. The van der Waals surface area contributed by atoms with Gasteiger partial charge in [0.2, 0.25) is 0 Å². The topological polar surface area (TPSA) is 59.1 Å². The van der Waals surface area contributed by atoms with Crippen LogP contribution in [-0.2, 0) is 19.6 Å². The molecule has 1 N–H and O–H groups in total. The number of furan rings is 1. The van der Waals surface area contributed by atoms with Gasteiger partial charge < -0.3 is 9.73 Å². The lowest BCUT2D eigenvalue weighted by atomic mass is 10.4. The maximum absolute atomic E-state index is 5.38. The van der Waals surface area contributed by atoms with Crippen LogP contribution in [0.3, 0.4) is 0 Å². The molecule has 0 bridgehead atoms. The molecule has 6 nitrogen and oxygen atoms in total. The minimum atomic E-state index is 0.778. The van der Waals surface area contributed by atoms with Crippen molar-refractivity contribution >= 4 is 0 Å². The summed E-state index contributed by atoms with van der Waals surface area (Å²) in [6.07, 6.45) is 3.72. The van der Waals surface area contributed by atoms with E-state index in [4.69, 9.17) is 4.42 Å². The van der Waals surface area contributed by atoms with E-state index in [0.717, 1.165) is 50.7 Å². The van der Waals surface area contributed by atoms with Crippen molar-refractivity contribution < 1.29 is 4.42 Å². The normalized spacial score (nSPS) is 11.3. The van der Waals surface area contributed by atoms with E-state index < -0.39 is 0 Å². The first-order valence-corrected chi connectivity index (χ1v) is 7.16. The van der Waals surface area contributed by atoms with Crippen LogP contribution in [0.1, 0.15) is 25.3 Å². The summed E-state index contributed by atoms with van der Waals surface area (Å²) in [5.74, 6) is 0.998. The maximum atomic E-state index is 5.38. The Hall–Kier alpha value is -1.66. The fourth-order valence-corrected chi connectivity index (χ4v) is 2.00. The van der Waals surface area contributed by atoms with E-state index in [-0.39, 0.29) is 0 Å². The molecule has 0 spiro atoms. The molecule has 0 unspecified atom stereocenters. The van der Waals surface area contributed by atoms with Gasteiger partial charge in [-0.05, 0) is 25.2 Å². The molecule has 2 aromatic heterocycles. The molecular weight excluding hydrogens is 254 g/mol. The summed E-state index contributed by atoms with van der Waals surface area (Å²) in [4.78, 5) is 2.32. The van der Waals surface area contributed by atoms with Crippen LogP contribution in [-0.4, -0.2) is 39.5 Å². The highest BCUT2D eigenvalue weighted by atomic mass is 16.3. The van der Waals surface area contributed by atoms with Gasteiger partial charge in [-0.3, -0.25) is 9.58 Å². The molecule has 110 valence electrons. The zero-order valence-electron chi connectivity index (χ0n) is 12.2. The molecule has 0 radical (unpaired) electrons. The molecule has 0 aromatic carbocycles. The smallest absolute Gasteiger partial charge is 0.117 e. The molecule has 20 heavy (non-hydrogen) atoms. The summed E-state index contributed by atoms with van der Waals surface area (Å²) in [5, 5.41) is 11.5. The Morgan fingerprint density at radius 1 is 1.40 bits per heavy atom. The van der Waals surface area contributed by atoms with Crippen LogP contribution in [0.4, 0.5) is 0 Å². The summed E-state index contributed by atoms with van der Waals surface area (Å²) in [5.41, 5.74) is 0.987. The summed E-state index contributed by atoms with van der Waals surface area (Å²) in [6, 6.07) is 3.93. The zero-order valence-corrected chi connectivity index (χ0v) is 12.2. The first-order valence-electron chi connectivity index (χ1n) is 7.16. The van der Waals surface area contributed by atoms with Crippen molar-refractivity contribution in [3.05, 3.63) is 36.0 Å². The van der Waals surface area contributed by atoms with E-state index in [9.17, 15) is 0 Å². The number of hydrogen-bond acceptors (Lipinski definition) is 5. The van der Waals surface area contributed by atoms with E-state index in [1.54, 1.807) is 6.26 Å². The Morgan fingerprint density at radius 2 is 2.30 bits per heavy atom. The van der Waals surface area contributed by atoms with Crippen molar-refractivity contribution in [3.63, 3.8) is 0 Å². The number of aromatic nitrogens is 3. The Labute approximate surface area is 119 Å². The molecule has 0 aliphatic rings. The molecule has 0 aliphatic heterocycles. The van der Waals surface area contributed by atoms with Gasteiger partial charge in [-0.25, -0.2) is 0 Å². The number of nitrogens with one attached hydrogen (secondary N) is 1. The third kappa shape index (κ3) is 4.47. The molecule has 0 fully saturated rings. The monoisotopic (exact) mass is 277 g/mol. The number of hydrogen-bond donors (Lipinski definition) is 1. The van der Waals surface area contributed by atoms with Gasteiger partial charge in [0.25, 0.3) is 0 Å². The van der Waals surface area contributed by atoms with Crippen molar-refractivity contribution in [3.8, 4) is 0 Å². The molecule has 0 saturated carbocycles. The van der Waals surface area contributed by atoms with Crippen LogP contribution in [0, 0.1) is 0 Å². The maximum Gasteiger partial charge on any atom is 0.117 e. The lowest BCUT2D eigenvalue weighted by molar-refractivity contribution is 0.242. The van der Waals surface area contributed by atoms with Crippen LogP contribution in [0.25, 0.3) is 0 Å². The highest BCUT2D eigenvalue weighted by Crippen LogP contribution is 2.05. The average Bonchev–Trinajstić information content (AvgIpc) is 3.12. The summed E-state index contributed by atoms with van der Waals surface area (Å²) in [7, 11) is 0. The molecule has 0 saturated heterocycles. The van der Waals surface area contributed by atoms with E-state index in [2.05, 4.69) is 34.4 Å². The molecule has 2 rings (SSSR count). The molecule has 6 heteroatoms. The van der Waals surface area contributed by atoms with Crippen LogP contribution in [0.2, 0.25) is 0 Å². The van der Waals surface area contributed by atoms with Crippen molar-refractivity contribution in [1.82, 2.24) is 25.2 Å². The van der Waals surface area contributed by atoms with Gasteiger partial charge in [0.05, 0.1) is 25.0 Å². The van der Waals surface area contributed by atoms with Gasteiger partial charge in [-0.15, -0.1) is 5.10 Å². The summed E-state index contributed by atoms with van der Waals surface area (Å²) >= 11 is 0. The van der Waals surface area contributed by atoms with Crippen molar-refractivity contribution in [2.75, 3.05) is 19.6 Å². The van der Waals surface area contributed by atoms with E-state index >= 15 is 0 Å². The Morgan fingerprint density at radius 3 is 3.00 bits per heavy atom. The van der Waals surface area contributed by atoms with E-state index in [1.807, 2.05) is 23.0 Å². The molecule has 0 aliphatic carbocycles. The Bertz CT molecular complexity index is 479. The predicted molar refractivity (Wildman–Crippen MR) is 77.1 cm³/mol. The SMILES string of the molecule is CCNCc1cn(CCN(CC)Cc2ccco2)nn1. The van der Waals surface area contributed by atoms with Crippen molar-refractivity contribution in [2.24, 2.45) is 0 Å². The predicted octanol–water partition coefficient (Wildman–Crippen LogP) is 1.50. The van der Waals surface area contributed by atoms with Gasteiger partial charge in [-0.1, -0.05) is 19.1 Å². The van der Waals surface area contributed by atoms with Crippen LogP contribution in [0.5, 0.6) is 0 Å². The third-order valence-electron chi connectivity index (χ3n) is 3.19. The van der Waals surface area contributed by atoms with Crippen LogP contribution >= 0.6 is 0 Å². The highest BCUT2D eigenvalue weighted by molar-refractivity contribution is 4.97. The molecule has 0 amide bonds. The second-order valence-corrected chi connectivity index (χ2v) is 4.70. The number of likely N-dealkylation sites (N-methyl/N-ethyl adjacent to an activating group) is 1. The first kappa shape index (κ1) is 14.7. The largest absolute Gasteiger partial charge is 0.468 e. The van der Waals surface area contributed by atoms with Gasteiger partial charge >= 0.3 is 0 Å². The van der Waals surface area contributed by atoms with E-state index in [0.29, 0.717) is 0 Å². The molecule has 2 aromatic rings. The second kappa shape index (κ2) is 7.81. The molecule has 0 atom stereocenters. The van der Waals surface area contributed by atoms with Gasteiger partial charge in [-0.2, -0.15) is 0 Å². The minimum Gasteiger partial charge on any atom is -0.468 e. The number of nitrogens with zero attached hydrogens (tertiary/aromatic N) is 4. The fourth-order valence-electron chi connectivity index (χ4n) is 2.00. The van der Waals surface area contributed by atoms with Gasteiger partial charge in [0.15, 0.2) is 0 Å². The molecular formula is C14H23N5O. The Kier molecular flexibility index (Phi) is 5.76. The summed E-state index contributed by atoms with van der Waals surface area (Å²) in [6.45, 7) is 9.55. The standard InChI is InChI=1S/C14H23N5O/c1-3-15-10-13-11-19(17-16-13)8-7-18(4-2)12-14-6-5-9-20-14/h5-6,9,11,15H,3-4,7-8,10,12H2,1-2H3. The summed E-state index contributed by atoms with van der Waals surface area (Å²) < 4.78 is 7.28. The van der Waals surface area contributed by atoms with Crippen LogP contribution in [0.15, 0.2) is 29.0 Å². The van der Waals surface area contributed by atoms with Crippen molar-refractivity contribution in [1.29, 1.82) is 0 Å². The molecule has 2 heterocycles. The van der Waals surface area contributed by atoms with Gasteiger partial charge in [0.1, 0.15) is 5.76 Å². The Balaban J connectivity index is 1.79. The van der Waals surface area contributed by atoms with Gasteiger partial charge in [0, 0.05) is 19.3 Å². The fraction of sp³-hybridized carbons (Fsp3) is 0.571. The quantitative estimate of drug-likeness (QED) is 0.753.